The topological polar surface area (TPSA) is 105 Å². The van der Waals surface area contributed by atoms with Crippen molar-refractivity contribution in [2.24, 2.45) is 7.05 Å². The molecule has 10 nitrogen and oxygen atoms in total. The van der Waals surface area contributed by atoms with Crippen LogP contribution in [0.2, 0.25) is 0 Å². The van der Waals surface area contributed by atoms with E-state index in [1.807, 2.05) is 44.2 Å². The Morgan fingerprint density at radius 1 is 1.05 bits per heavy atom. The van der Waals surface area contributed by atoms with Gasteiger partial charge in [0, 0.05) is 49.2 Å². The highest BCUT2D eigenvalue weighted by molar-refractivity contribution is 7.89. The zero-order valence-corrected chi connectivity index (χ0v) is 24.6. The number of aliphatic hydroxyl groups excluding tert-OH is 1. The quantitative estimate of drug-likeness (QED) is 0.465. The summed E-state index contributed by atoms with van der Waals surface area (Å²) in [6.07, 6.45) is 1.09. The number of piperidine rings is 1. The number of amides is 1. The molecule has 2 aromatic carbocycles. The van der Waals surface area contributed by atoms with E-state index in [9.17, 15) is 18.3 Å². The Labute approximate surface area is 235 Å². The molecule has 0 saturated carbocycles. The number of aromatic nitrogens is 1. The van der Waals surface area contributed by atoms with Crippen LogP contribution < -0.4 is 9.47 Å². The number of hydrogen-bond donors (Lipinski definition) is 1. The summed E-state index contributed by atoms with van der Waals surface area (Å²) in [6.45, 7) is 1.07. The molecule has 5 rings (SSSR count). The van der Waals surface area contributed by atoms with Gasteiger partial charge in [-0.3, -0.25) is 4.79 Å². The number of fused-ring (bicyclic) bond motifs is 4. The molecule has 40 heavy (non-hydrogen) atoms. The van der Waals surface area contributed by atoms with E-state index in [1.165, 1.54) is 4.31 Å². The van der Waals surface area contributed by atoms with Gasteiger partial charge in [-0.25, -0.2) is 8.42 Å². The number of carbonyl (C=O) groups excluding carboxylic acids is 1. The molecule has 1 amide bonds. The van der Waals surface area contributed by atoms with Crippen molar-refractivity contribution in [3.63, 3.8) is 0 Å². The molecule has 1 spiro atoms. The van der Waals surface area contributed by atoms with E-state index in [1.54, 1.807) is 43.4 Å². The van der Waals surface area contributed by atoms with Gasteiger partial charge in [0.25, 0.3) is 0 Å². The summed E-state index contributed by atoms with van der Waals surface area (Å²) in [5.74, 6) is 1.26. The minimum Gasteiger partial charge on any atom is -0.497 e. The third-order valence-electron chi connectivity index (χ3n) is 8.47. The zero-order valence-electron chi connectivity index (χ0n) is 23.8. The molecule has 216 valence electrons. The lowest BCUT2D eigenvalue weighted by Crippen LogP contribution is -2.57. The molecule has 1 saturated heterocycles. The van der Waals surface area contributed by atoms with Gasteiger partial charge >= 0.3 is 0 Å². The number of hydrogen-bond acceptors (Lipinski definition) is 7. The highest BCUT2D eigenvalue weighted by Crippen LogP contribution is 2.50. The highest BCUT2D eigenvalue weighted by Gasteiger charge is 2.50. The second-order valence-electron chi connectivity index (χ2n) is 11.0. The van der Waals surface area contributed by atoms with E-state index in [4.69, 9.17) is 9.47 Å². The smallest absolute Gasteiger partial charge is 0.243 e. The van der Waals surface area contributed by atoms with Gasteiger partial charge in [0.2, 0.25) is 15.9 Å². The molecule has 2 aliphatic heterocycles. The number of sulfonamides is 1. The van der Waals surface area contributed by atoms with Crippen molar-refractivity contribution in [2.75, 3.05) is 61.1 Å². The maximum absolute atomic E-state index is 13.5. The first-order chi connectivity index (χ1) is 19.1. The third-order valence-corrected chi connectivity index (χ3v) is 10.4. The Kier molecular flexibility index (Phi) is 7.60. The number of aliphatic hydroxyl groups is 1. The average Bonchev–Trinajstić information content (AvgIpc) is 3.25. The molecule has 0 aliphatic carbocycles. The van der Waals surface area contributed by atoms with Crippen LogP contribution in [0.4, 0.5) is 0 Å². The number of aryl methyl sites for hydroxylation is 1. The van der Waals surface area contributed by atoms with Crippen molar-refractivity contribution in [2.45, 2.75) is 29.2 Å². The van der Waals surface area contributed by atoms with E-state index in [2.05, 4.69) is 4.57 Å². The molecule has 11 heteroatoms. The Morgan fingerprint density at radius 3 is 2.25 bits per heavy atom. The van der Waals surface area contributed by atoms with Crippen molar-refractivity contribution < 1.29 is 27.8 Å². The van der Waals surface area contributed by atoms with Crippen molar-refractivity contribution in [1.82, 2.24) is 18.7 Å². The Hall–Kier alpha value is -3.12. The lowest BCUT2D eigenvalue weighted by Gasteiger charge is -2.50. The fourth-order valence-electron chi connectivity index (χ4n) is 6.44. The third kappa shape index (κ3) is 4.64. The van der Waals surface area contributed by atoms with Gasteiger partial charge in [0.15, 0.2) is 0 Å². The first kappa shape index (κ1) is 28.4. The van der Waals surface area contributed by atoms with Gasteiger partial charge in [-0.05, 0) is 68.9 Å². The van der Waals surface area contributed by atoms with Crippen molar-refractivity contribution in [3.8, 4) is 11.5 Å². The molecular weight excluding hydrogens is 532 g/mol. The summed E-state index contributed by atoms with van der Waals surface area (Å²) in [7, 11) is 5.13. The van der Waals surface area contributed by atoms with Gasteiger partial charge in [-0.1, -0.05) is 0 Å². The number of ether oxygens (including phenoxy) is 2. The average molecular weight is 571 g/mol. The highest BCUT2D eigenvalue weighted by atomic mass is 32.2. The van der Waals surface area contributed by atoms with Crippen LogP contribution in [0.1, 0.15) is 30.1 Å². The van der Waals surface area contributed by atoms with Crippen LogP contribution >= 0.6 is 0 Å². The van der Waals surface area contributed by atoms with Gasteiger partial charge in [-0.2, -0.15) is 4.31 Å². The Bertz CT molecular complexity index is 1510. The lowest BCUT2D eigenvalue weighted by atomic mass is 9.68. The summed E-state index contributed by atoms with van der Waals surface area (Å²) < 4.78 is 41.4. The van der Waals surface area contributed by atoms with Gasteiger partial charge < -0.3 is 28.9 Å². The van der Waals surface area contributed by atoms with Gasteiger partial charge in [0.1, 0.15) is 11.5 Å². The maximum atomic E-state index is 13.5. The Balaban J connectivity index is 1.58. The van der Waals surface area contributed by atoms with Crippen LogP contribution in [0.3, 0.4) is 0 Å². The first-order valence-electron chi connectivity index (χ1n) is 13.4. The summed E-state index contributed by atoms with van der Waals surface area (Å²) in [5, 5.41) is 11.6. The SMILES string of the molecule is COc1ccc(S(=O)(=O)N2CCC3(CC2)CN(C(=O)CN(C)C)[C@H](CO)c2c3c3ccc(OC)cc3n2C)cc1. The molecule has 2 aliphatic rings. The second kappa shape index (κ2) is 10.7. The molecule has 1 fully saturated rings. The summed E-state index contributed by atoms with van der Waals surface area (Å²) in [6, 6.07) is 11.9. The van der Waals surface area contributed by atoms with E-state index in [0.717, 1.165) is 27.9 Å². The second-order valence-corrected chi connectivity index (χ2v) is 13.0. The number of carbonyl (C=O) groups is 1. The lowest BCUT2D eigenvalue weighted by molar-refractivity contribution is -0.138. The van der Waals surface area contributed by atoms with Crippen LogP contribution in [0.25, 0.3) is 10.9 Å². The predicted octanol–water partition coefficient (Wildman–Crippen LogP) is 2.36. The van der Waals surface area contributed by atoms with Crippen molar-refractivity contribution in [1.29, 1.82) is 0 Å². The minimum absolute atomic E-state index is 0.0646. The number of likely N-dealkylation sites (N-methyl/N-ethyl adjacent to an activating group) is 1. The predicted molar refractivity (Wildman–Crippen MR) is 152 cm³/mol. The van der Waals surface area contributed by atoms with Crippen LogP contribution in [0, 0.1) is 0 Å². The van der Waals surface area contributed by atoms with E-state index < -0.39 is 21.5 Å². The maximum Gasteiger partial charge on any atom is 0.243 e. The van der Waals surface area contributed by atoms with Crippen LogP contribution in [0.5, 0.6) is 11.5 Å². The summed E-state index contributed by atoms with van der Waals surface area (Å²) in [5.41, 5.74) is 2.48. The van der Waals surface area contributed by atoms with Gasteiger partial charge in [-0.15, -0.1) is 0 Å². The molecule has 1 aromatic heterocycles. The molecule has 0 unspecified atom stereocenters. The number of methoxy groups -OCH3 is 2. The van der Waals surface area contributed by atoms with Crippen molar-refractivity contribution >= 4 is 26.8 Å². The number of benzene rings is 2. The van der Waals surface area contributed by atoms with E-state index in [-0.39, 0.29) is 24.0 Å². The fourth-order valence-corrected chi connectivity index (χ4v) is 7.88. The molecule has 1 N–H and O–H groups in total. The molecule has 3 aromatic rings. The largest absolute Gasteiger partial charge is 0.497 e. The van der Waals surface area contributed by atoms with E-state index in [0.29, 0.717) is 38.2 Å². The first-order valence-corrected chi connectivity index (χ1v) is 14.9. The van der Waals surface area contributed by atoms with Crippen LogP contribution in [0.15, 0.2) is 47.4 Å². The number of nitrogens with zero attached hydrogens (tertiary/aromatic N) is 4. The normalized spacial score (nSPS) is 19.3. The molecule has 0 radical (unpaired) electrons. The standard InChI is InChI=1S/C29H38N4O6S/c1-30(2)17-26(35)33-19-29(12-14-32(15-13-29)40(36,37)22-9-6-20(38-4)7-10-22)27-23-11-8-21(39-5)16-24(23)31(3)28(27)25(33)18-34/h6-11,16,25,34H,12-15,17-19H2,1-5H3/t25-/m1/s1. The molecule has 1 atom stereocenters. The molecule has 3 heterocycles. The summed E-state index contributed by atoms with van der Waals surface area (Å²) in [4.78, 5) is 17.4. The van der Waals surface area contributed by atoms with Crippen molar-refractivity contribution in [3.05, 3.63) is 53.7 Å². The Morgan fingerprint density at radius 2 is 1.68 bits per heavy atom. The van der Waals surface area contributed by atoms with Crippen LogP contribution in [-0.4, -0.2) is 99.2 Å². The zero-order chi connectivity index (χ0) is 28.8. The van der Waals surface area contributed by atoms with E-state index >= 15 is 0 Å². The number of rotatable bonds is 7. The minimum atomic E-state index is -3.70. The van der Waals surface area contributed by atoms with Crippen LogP contribution in [-0.2, 0) is 27.3 Å². The summed E-state index contributed by atoms with van der Waals surface area (Å²) >= 11 is 0. The van der Waals surface area contributed by atoms with Gasteiger partial charge in [0.05, 0.1) is 43.8 Å². The molecular formula is C29H38N4O6S. The molecule has 0 bridgehead atoms. The monoisotopic (exact) mass is 570 g/mol. The fraction of sp³-hybridized carbons (Fsp3) is 0.483.